The third-order valence-corrected chi connectivity index (χ3v) is 2.38. The van der Waals surface area contributed by atoms with Crippen molar-refractivity contribution in [3.05, 3.63) is 6.92 Å². The zero-order valence-corrected chi connectivity index (χ0v) is 7.07. The predicted octanol–water partition coefficient (Wildman–Crippen LogP) is 1.94. The van der Waals surface area contributed by atoms with Crippen molar-refractivity contribution >= 4 is 0 Å². The summed E-state index contributed by atoms with van der Waals surface area (Å²) in [4.78, 5) is 2.24. The number of rotatable bonds is 3. The Kier molecular flexibility index (Phi) is 3.20. The minimum Gasteiger partial charge on any atom is -0.304 e. The standard InChI is InChI=1S/C8H18N/c1-6-8(3,7-2)9(4)5/h1,6-7H2,2-5H3. The molecular weight excluding hydrogens is 110 g/mol. The molecule has 0 N–H and O–H groups in total. The fourth-order valence-electron chi connectivity index (χ4n) is 0.717. The van der Waals surface area contributed by atoms with E-state index >= 15 is 0 Å². The number of hydrogen-bond donors (Lipinski definition) is 0. The lowest BCUT2D eigenvalue weighted by Gasteiger charge is -2.34. The van der Waals surface area contributed by atoms with Gasteiger partial charge in [-0.05, 0) is 33.9 Å². The van der Waals surface area contributed by atoms with E-state index in [1.54, 1.807) is 0 Å². The summed E-state index contributed by atoms with van der Waals surface area (Å²) >= 11 is 0. The molecule has 1 unspecified atom stereocenters. The van der Waals surface area contributed by atoms with E-state index in [2.05, 4.69) is 39.8 Å². The minimum absolute atomic E-state index is 0.306. The molecule has 9 heavy (non-hydrogen) atoms. The second kappa shape index (κ2) is 3.21. The quantitative estimate of drug-likeness (QED) is 0.561. The monoisotopic (exact) mass is 128 g/mol. The highest BCUT2D eigenvalue weighted by atomic mass is 15.1. The van der Waals surface area contributed by atoms with Gasteiger partial charge in [0.25, 0.3) is 0 Å². The van der Waals surface area contributed by atoms with Gasteiger partial charge in [-0.2, -0.15) is 0 Å². The first-order chi connectivity index (χ1) is 4.06. The van der Waals surface area contributed by atoms with Crippen molar-refractivity contribution in [2.45, 2.75) is 32.2 Å². The first-order valence-electron chi connectivity index (χ1n) is 3.53. The van der Waals surface area contributed by atoms with Gasteiger partial charge >= 0.3 is 0 Å². The molecule has 1 radical (unpaired) electrons. The number of hydrogen-bond acceptors (Lipinski definition) is 1. The van der Waals surface area contributed by atoms with Crippen LogP contribution in [0.15, 0.2) is 0 Å². The van der Waals surface area contributed by atoms with E-state index in [9.17, 15) is 0 Å². The molecule has 0 heterocycles. The highest BCUT2D eigenvalue weighted by Crippen LogP contribution is 2.18. The van der Waals surface area contributed by atoms with Crippen molar-refractivity contribution in [3.8, 4) is 0 Å². The molecule has 0 saturated carbocycles. The number of nitrogens with zero attached hydrogens (tertiary/aromatic N) is 1. The van der Waals surface area contributed by atoms with Crippen LogP contribution < -0.4 is 0 Å². The van der Waals surface area contributed by atoms with Crippen molar-refractivity contribution < 1.29 is 0 Å². The predicted molar refractivity (Wildman–Crippen MR) is 42.4 cm³/mol. The summed E-state index contributed by atoms with van der Waals surface area (Å²) in [5.41, 5.74) is 0.306. The Balaban J connectivity index is 3.92. The molecule has 0 aromatic rings. The van der Waals surface area contributed by atoms with E-state index in [0.29, 0.717) is 5.54 Å². The summed E-state index contributed by atoms with van der Waals surface area (Å²) in [6.07, 6.45) is 2.15. The fourth-order valence-corrected chi connectivity index (χ4v) is 0.717. The summed E-state index contributed by atoms with van der Waals surface area (Å²) in [5.74, 6) is 0. The van der Waals surface area contributed by atoms with E-state index in [1.807, 2.05) is 0 Å². The maximum absolute atomic E-state index is 3.91. The van der Waals surface area contributed by atoms with Gasteiger partial charge < -0.3 is 4.90 Å². The maximum Gasteiger partial charge on any atom is 0.0172 e. The molecular formula is C8H18N. The Labute approximate surface area is 59.1 Å². The summed E-state index contributed by atoms with van der Waals surface area (Å²) < 4.78 is 0. The van der Waals surface area contributed by atoms with Crippen molar-refractivity contribution in [1.82, 2.24) is 4.90 Å². The Morgan fingerprint density at radius 3 is 1.89 bits per heavy atom. The Morgan fingerprint density at radius 1 is 1.44 bits per heavy atom. The zero-order chi connectivity index (χ0) is 7.49. The van der Waals surface area contributed by atoms with Gasteiger partial charge in [-0.1, -0.05) is 13.8 Å². The molecule has 1 nitrogen and oxygen atoms in total. The van der Waals surface area contributed by atoms with Crippen molar-refractivity contribution in [2.75, 3.05) is 14.1 Å². The lowest BCUT2D eigenvalue weighted by molar-refractivity contribution is 0.169. The van der Waals surface area contributed by atoms with Crippen LogP contribution in [0.4, 0.5) is 0 Å². The normalized spacial score (nSPS) is 12.7. The van der Waals surface area contributed by atoms with Crippen molar-refractivity contribution in [3.63, 3.8) is 0 Å². The third-order valence-electron chi connectivity index (χ3n) is 2.38. The lowest BCUT2D eigenvalue weighted by atomic mass is 9.94. The second-order valence-electron chi connectivity index (χ2n) is 2.99. The van der Waals surface area contributed by atoms with E-state index in [1.165, 1.54) is 6.42 Å². The molecule has 55 valence electrons. The van der Waals surface area contributed by atoms with Gasteiger partial charge in [0, 0.05) is 5.54 Å². The molecule has 0 aromatic heterocycles. The molecule has 0 fully saturated rings. The molecule has 0 spiro atoms. The van der Waals surface area contributed by atoms with Crippen LogP contribution in [0.25, 0.3) is 0 Å². The molecule has 0 aromatic carbocycles. The van der Waals surface area contributed by atoms with E-state index < -0.39 is 0 Å². The van der Waals surface area contributed by atoms with Gasteiger partial charge in [-0.25, -0.2) is 0 Å². The van der Waals surface area contributed by atoms with Gasteiger partial charge in [0.15, 0.2) is 0 Å². The molecule has 1 heteroatoms. The minimum atomic E-state index is 0.306. The van der Waals surface area contributed by atoms with E-state index in [0.717, 1.165) is 6.42 Å². The summed E-state index contributed by atoms with van der Waals surface area (Å²) in [5, 5.41) is 0. The van der Waals surface area contributed by atoms with Crippen LogP contribution >= 0.6 is 0 Å². The zero-order valence-electron chi connectivity index (χ0n) is 7.07. The highest BCUT2D eigenvalue weighted by molar-refractivity contribution is 4.81. The Bertz CT molecular complexity index is 72.6. The average Bonchev–Trinajstić information content (AvgIpc) is 1.86. The molecule has 1 atom stereocenters. The van der Waals surface area contributed by atoms with Crippen LogP contribution in [0.5, 0.6) is 0 Å². The Hall–Kier alpha value is -0.0400. The molecule has 0 aliphatic carbocycles. The third kappa shape index (κ3) is 1.98. The largest absolute Gasteiger partial charge is 0.304 e. The van der Waals surface area contributed by atoms with E-state index in [-0.39, 0.29) is 0 Å². The molecule has 0 saturated heterocycles. The summed E-state index contributed by atoms with van der Waals surface area (Å²) in [7, 11) is 4.21. The van der Waals surface area contributed by atoms with Crippen LogP contribution in [0, 0.1) is 6.92 Å². The van der Waals surface area contributed by atoms with Crippen molar-refractivity contribution in [1.29, 1.82) is 0 Å². The van der Waals surface area contributed by atoms with Crippen molar-refractivity contribution in [2.24, 2.45) is 0 Å². The fraction of sp³-hybridized carbons (Fsp3) is 0.875. The van der Waals surface area contributed by atoms with Gasteiger partial charge in [-0.15, -0.1) is 0 Å². The molecule has 0 aliphatic rings. The molecule has 0 rings (SSSR count). The molecule has 0 aliphatic heterocycles. The van der Waals surface area contributed by atoms with Gasteiger partial charge in [0.05, 0.1) is 0 Å². The topological polar surface area (TPSA) is 3.24 Å². The lowest BCUT2D eigenvalue weighted by Crippen LogP contribution is -2.39. The molecule has 0 amide bonds. The van der Waals surface area contributed by atoms with Crippen LogP contribution in [0.3, 0.4) is 0 Å². The van der Waals surface area contributed by atoms with Crippen LogP contribution in [0.2, 0.25) is 0 Å². The smallest absolute Gasteiger partial charge is 0.0172 e. The van der Waals surface area contributed by atoms with Gasteiger partial charge in [0.1, 0.15) is 0 Å². The van der Waals surface area contributed by atoms with Gasteiger partial charge in [-0.3, -0.25) is 0 Å². The maximum atomic E-state index is 3.91. The van der Waals surface area contributed by atoms with Crippen LogP contribution in [-0.2, 0) is 0 Å². The Morgan fingerprint density at radius 2 is 1.89 bits per heavy atom. The van der Waals surface area contributed by atoms with Crippen LogP contribution in [-0.4, -0.2) is 24.5 Å². The first kappa shape index (κ1) is 8.96. The SMILES string of the molecule is [CH2]CC(C)(CC)N(C)C. The summed E-state index contributed by atoms with van der Waals surface area (Å²) in [6, 6.07) is 0. The highest BCUT2D eigenvalue weighted by Gasteiger charge is 2.20. The van der Waals surface area contributed by atoms with Gasteiger partial charge in [0.2, 0.25) is 0 Å². The molecule has 0 bridgehead atoms. The first-order valence-corrected chi connectivity index (χ1v) is 3.53. The average molecular weight is 128 g/mol. The van der Waals surface area contributed by atoms with Crippen LogP contribution in [0.1, 0.15) is 26.7 Å². The second-order valence-corrected chi connectivity index (χ2v) is 2.99. The summed E-state index contributed by atoms with van der Waals surface area (Å²) in [6.45, 7) is 8.34. The van der Waals surface area contributed by atoms with E-state index in [4.69, 9.17) is 0 Å².